The molecule has 0 aliphatic carbocycles. The van der Waals surface area contributed by atoms with Crippen LogP contribution in [0.1, 0.15) is 24.8 Å². The van der Waals surface area contributed by atoms with Gasteiger partial charge >= 0.3 is 0 Å². The van der Waals surface area contributed by atoms with Gasteiger partial charge in [-0.2, -0.15) is 0 Å². The first-order chi connectivity index (χ1) is 8.22. The molecule has 0 radical (unpaired) electrons. The molecule has 1 aromatic carbocycles. The van der Waals surface area contributed by atoms with Crippen LogP contribution in [0.15, 0.2) is 41.3 Å². The largest absolute Gasteiger partial charge is 0.303 e. The van der Waals surface area contributed by atoms with Crippen molar-refractivity contribution in [2.24, 2.45) is 0 Å². The van der Waals surface area contributed by atoms with Gasteiger partial charge in [0.15, 0.2) is 0 Å². The van der Waals surface area contributed by atoms with Gasteiger partial charge in [-0.1, -0.05) is 23.8 Å². The summed E-state index contributed by atoms with van der Waals surface area (Å²) >= 11 is 1.22. The number of thioether (sulfide) groups is 1. The van der Waals surface area contributed by atoms with Gasteiger partial charge in [-0.3, -0.25) is 4.79 Å². The van der Waals surface area contributed by atoms with Crippen LogP contribution in [0.2, 0.25) is 0 Å². The zero-order chi connectivity index (χ0) is 12.5. The van der Waals surface area contributed by atoms with Crippen LogP contribution in [0.5, 0.6) is 0 Å². The van der Waals surface area contributed by atoms with Gasteiger partial charge in [0.1, 0.15) is 6.29 Å². The molecular weight excluding hydrogens is 232 g/mol. The fourth-order valence-corrected chi connectivity index (χ4v) is 1.92. The van der Waals surface area contributed by atoms with Crippen molar-refractivity contribution in [3.8, 4) is 0 Å². The van der Waals surface area contributed by atoms with Crippen LogP contribution in [-0.2, 0) is 9.59 Å². The number of aldehydes is 1. The van der Waals surface area contributed by atoms with Gasteiger partial charge in [0, 0.05) is 11.3 Å². The van der Waals surface area contributed by atoms with Gasteiger partial charge in [0.25, 0.3) is 0 Å². The first kappa shape index (κ1) is 13.7. The second-order valence-electron chi connectivity index (χ2n) is 3.73. The number of unbranched alkanes of at least 4 members (excludes halogenated alkanes) is 2. The molecule has 0 aliphatic rings. The lowest BCUT2D eigenvalue weighted by atomic mass is 10.2. The molecule has 0 bridgehead atoms. The molecule has 0 aromatic heterocycles. The lowest BCUT2D eigenvalue weighted by Crippen LogP contribution is -1.85. The maximum Gasteiger partial charge on any atom is 0.216 e. The molecule has 0 saturated carbocycles. The van der Waals surface area contributed by atoms with Crippen molar-refractivity contribution in [1.82, 2.24) is 0 Å². The van der Waals surface area contributed by atoms with Crippen molar-refractivity contribution in [2.75, 3.05) is 0 Å². The Morgan fingerprint density at radius 2 is 1.94 bits per heavy atom. The summed E-state index contributed by atoms with van der Waals surface area (Å²) in [6.07, 6.45) is 6.45. The lowest BCUT2D eigenvalue weighted by Gasteiger charge is -1.97. The van der Waals surface area contributed by atoms with Crippen LogP contribution >= 0.6 is 11.8 Å². The van der Waals surface area contributed by atoms with E-state index in [-0.39, 0.29) is 5.12 Å². The Balaban J connectivity index is 2.34. The smallest absolute Gasteiger partial charge is 0.216 e. The highest BCUT2D eigenvalue weighted by atomic mass is 32.2. The maximum absolute atomic E-state index is 11.5. The van der Waals surface area contributed by atoms with Gasteiger partial charge in [-0.25, -0.2) is 0 Å². The van der Waals surface area contributed by atoms with Gasteiger partial charge in [0.2, 0.25) is 5.12 Å². The number of allylic oxidation sites excluding steroid dienone is 1. The first-order valence-corrected chi connectivity index (χ1v) is 6.42. The fourth-order valence-electron chi connectivity index (χ4n) is 1.26. The summed E-state index contributed by atoms with van der Waals surface area (Å²) in [5.74, 6) is 0. The third kappa shape index (κ3) is 6.07. The number of carbonyl (C=O) groups excluding carboxylic acids is 2. The number of rotatable bonds is 6. The van der Waals surface area contributed by atoms with E-state index in [0.717, 1.165) is 24.0 Å². The van der Waals surface area contributed by atoms with Crippen LogP contribution < -0.4 is 0 Å². The average Bonchev–Trinajstić information content (AvgIpc) is 2.32. The van der Waals surface area contributed by atoms with Gasteiger partial charge in [-0.15, -0.1) is 0 Å². The molecule has 90 valence electrons. The Kier molecular flexibility index (Phi) is 6.33. The van der Waals surface area contributed by atoms with Crippen LogP contribution in [0, 0.1) is 6.92 Å². The Morgan fingerprint density at radius 1 is 1.24 bits per heavy atom. The molecule has 0 saturated heterocycles. The normalized spacial score (nSPS) is 10.6. The van der Waals surface area contributed by atoms with Crippen molar-refractivity contribution in [3.05, 3.63) is 42.0 Å². The number of aryl methyl sites for hydroxylation is 1. The van der Waals surface area contributed by atoms with E-state index < -0.39 is 0 Å². The van der Waals surface area contributed by atoms with Gasteiger partial charge in [-0.05, 0) is 49.7 Å². The topological polar surface area (TPSA) is 34.1 Å². The summed E-state index contributed by atoms with van der Waals surface area (Å²) in [5.41, 5.74) is 1.19. The Hall–Kier alpha value is -1.35. The third-order valence-corrected chi connectivity index (χ3v) is 3.03. The van der Waals surface area contributed by atoms with E-state index in [1.165, 1.54) is 17.3 Å². The number of hydrogen-bond acceptors (Lipinski definition) is 3. The number of benzene rings is 1. The minimum Gasteiger partial charge on any atom is -0.303 e. The number of carbonyl (C=O) groups is 2. The Morgan fingerprint density at radius 3 is 2.59 bits per heavy atom. The van der Waals surface area contributed by atoms with Gasteiger partial charge in [0.05, 0.1) is 0 Å². The molecule has 0 spiro atoms. The standard InChI is InChI=1S/C14H16O2S/c1-12-7-9-13(10-8-12)17-14(16)6-4-2-3-5-11-15/h4,6-11H,2-3,5H2,1H3/b6-4+. The molecule has 0 N–H and O–H groups in total. The molecule has 17 heavy (non-hydrogen) atoms. The highest BCUT2D eigenvalue weighted by Gasteiger charge is 1.99. The third-order valence-electron chi connectivity index (χ3n) is 2.19. The van der Waals surface area contributed by atoms with E-state index in [4.69, 9.17) is 0 Å². The van der Waals surface area contributed by atoms with Crippen LogP contribution in [0.3, 0.4) is 0 Å². The summed E-state index contributed by atoms with van der Waals surface area (Å²) in [5, 5.41) is 0.0277. The minimum absolute atomic E-state index is 0.0277. The highest BCUT2D eigenvalue weighted by molar-refractivity contribution is 8.14. The van der Waals surface area contributed by atoms with Crippen LogP contribution in [0.25, 0.3) is 0 Å². The summed E-state index contributed by atoms with van der Waals surface area (Å²) in [7, 11) is 0. The Bertz CT molecular complexity index is 393. The van der Waals surface area contributed by atoms with E-state index in [0.29, 0.717) is 6.42 Å². The quantitative estimate of drug-likeness (QED) is 0.334. The van der Waals surface area contributed by atoms with Crippen LogP contribution in [0.4, 0.5) is 0 Å². The molecule has 0 heterocycles. The van der Waals surface area contributed by atoms with Crippen molar-refractivity contribution in [1.29, 1.82) is 0 Å². The van der Waals surface area contributed by atoms with Crippen molar-refractivity contribution in [3.63, 3.8) is 0 Å². The van der Waals surface area contributed by atoms with Crippen molar-refractivity contribution >= 4 is 23.2 Å². The molecular formula is C14H16O2S. The van der Waals surface area contributed by atoms with Gasteiger partial charge < -0.3 is 4.79 Å². The molecule has 0 atom stereocenters. The zero-order valence-electron chi connectivity index (χ0n) is 9.89. The molecule has 0 fully saturated rings. The summed E-state index contributed by atoms with van der Waals surface area (Å²) < 4.78 is 0. The molecule has 1 rings (SSSR count). The maximum atomic E-state index is 11.5. The highest BCUT2D eigenvalue weighted by Crippen LogP contribution is 2.19. The van der Waals surface area contributed by atoms with E-state index in [1.807, 2.05) is 37.3 Å². The van der Waals surface area contributed by atoms with Crippen LogP contribution in [-0.4, -0.2) is 11.4 Å². The monoisotopic (exact) mass is 248 g/mol. The fraction of sp³-hybridized carbons (Fsp3) is 0.286. The summed E-state index contributed by atoms with van der Waals surface area (Å²) in [4.78, 5) is 22.6. The Labute approximate surface area is 106 Å². The van der Waals surface area contributed by atoms with E-state index in [9.17, 15) is 9.59 Å². The van der Waals surface area contributed by atoms with E-state index in [2.05, 4.69) is 0 Å². The molecule has 0 aliphatic heterocycles. The predicted molar refractivity (Wildman–Crippen MR) is 71.1 cm³/mol. The number of hydrogen-bond donors (Lipinski definition) is 0. The average molecular weight is 248 g/mol. The molecule has 2 nitrogen and oxygen atoms in total. The first-order valence-electron chi connectivity index (χ1n) is 5.61. The van der Waals surface area contributed by atoms with Crippen molar-refractivity contribution in [2.45, 2.75) is 31.1 Å². The SMILES string of the molecule is Cc1ccc(SC(=O)/C=C/CCCC=O)cc1. The second kappa shape index (κ2) is 7.85. The van der Waals surface area contributed by atoms with Crippen molar-refractivity contribution < 1.29 is 9.59 Å². The molecule has 1 aromatic rings. The molecule has 3 heteroatoms. The molecule has 0 unspecified atom stereocenters. The summed E-state index contributed by atoms with van der Waals surface area (Å²) in [6, 6.07) is 7.86. The van der Waals surface area contributed by atoms with E-state index >= 15 is 0 Å². The predicted octanol–water partition coefficient (Wildman–Crippen LogP) is 3.54. The zero-order valence-corrected chi connectivity index (χ0v) is 10.7. The van der Waals surface area contributed by atoms with E-state index in [1.54, 1.807) is 6.08 Å². The lowest BCUT2D eigenvalue weighted by molar-refractivity contribution is -0.108. The second-order valence-corrected chi connectivity index (χ2v) is 4.81. The summed E-state index contributed by atoms with van der Waals surface area (Å²) in [6.45, 7) is 2.02. The molecule has 0 amide bonds. The minimum atomic E-state index is 0.0277.